The first-order valence-corrected chi connectivity index (χ1v) is 12.0. The van der Waals surface area contributed by atoms with Crippen LogP contribution in [0, 0.1) is 0 Å². The van der Waals surface area contributed by atoms with Crippen molar-refractivity contribution in [3.63, 3.8) is 0 Å². The molecular weight excluding hydrogens is 304 g/mol. The van der Waals surface area contributed by atoms with Crippen molar-refractivity contribution < 1.29 is 5.11 Å². The second kappa shape index (κ2) is 22.0. The maximum Gasteiger partial charge on any atom is 0.0512 e. The topological polar surface area (TPSA) is 20.2 Å². The molecule has 0 bridgehead atoms. The van der Waals surface area contributed by atoms with Crippen molar-refractivity contribution in [2.45, 2.75) is 155 Å². The molecule has 0 spiro atoms. The molecule has 1 N–H and O–H groups in total. The number of aliphatic hydroxyl groups is 1. The molecule has 0 aliphatic carbocycles. The molecule has 0 rings (SSSR count). The minimum Gasteiger partial charge on any atom is -0.393 e. The Hall–Kier alpha value is -0.0400. The Morgan fingerprint density at radius 2 is 0.680 bits per heavy atom. The third kappa shape index (κ3) is 24.0. The van der Waals surface area contributed by atoms with Crippen LogP contribution in [0.3, 0.4) is 0 Å². The molecule has 0 aromatic rings. The van der Waals surface area contributed by atoms with Crippen molar-refractivity contribution in [1.82, 2.24) is 0 Å². The average molecular weight is 355 g/mol. The van der Waals surface area contributed by atoms with Crippen LogP contribution >= 0.6 is 0 Å². The van der Waals surface area contributed by atoms with Gasteiger partial charge < -0.3 is 5.11 Å². The van der Waals surface area contributed by atoms with E-state index < -0.39 is 0 Å². The minimum absolute atomic E-state index is 0.101. The van der Waals surface area contributed by atoms with Crippen LogP contribution in [0.1, 0.15) is 149 Å². The standard InChI is InChI=1S/C24H50O/c1-3-4-5-6-7-8-9-10-11-12-13-14-15-16-17-18-19-20-21-22-23-24(2)25/h24-25H,3-23H2,1-2H3. The molecule has 0 aromatic heterocycles. The Balaban J connectivity index is 2.96. The average Bonchev–Trinajstić information content (AvgIpc) is 2.60. The zero-order chi connectivity index (χ0) is 18.4. The fraction of sp³-hybridized carbons (Fsp3) is 1.00. The maximum absolute atomic E-state index is 9.20. The van der Waals surface area contributed by atoms with E-state index in [-0.39, 0.29) is 6.10 Å². The summed E-state index contributed by atoms with van der Waals surface area (Å²) in [4.78, 5) is 0. The molecule has 25 heavy (non-hydrogen) atoms. The van der Waals surface area contributed by atoms with E-state index in [0.717, 1.165) is 6.42 Å². The highest BCUT2D eigenvalue weighted by molar-refractivity contribution is 4.52. The van der Waals surface area contributed by atoms with Crippen LogP contribution in [-0.4, -0.2) is 11.2 Å². The van der Waals surface area contributed by atoms with Crippen molar-refractivity contribution in [1.29, 1.82) is 0 Å². The normalized spacial score (nSPS) is 12.6. The molecule has 1 atom stereocenters. The van der Waals surface area contributed by atoms with Gasteiger partial charge in [0.1, 0.15) is 0 Å². The van der Waals surface area contributed by atoms with E-state index in [1.807, 2.05) is 6.92 Å². The molecule has 0 aliphatic heterocycles. The van der Waals surface area contributed by atoms with Crippen LogP contribution < -0.4 is 0 Å². The van der Waals surface area contributed by atoms with Gasteiger partial charge in [-0.15, -0.1) is 0 Å². The van der Waals surface area contributed by atoms with Crippen molar-refractivity contribution in [3.05, 3.63) is 0 Å². The number of hydrogen-bond donors (Lipinski definition) is 1. The van der Waals surface area contributed by atoms with E-state index in [9.17, 15) is 5.11 Å². The van der Waals surface area contributed by atoms with Gasteiger partial charge >= 0.3 is 0 Å². The first-order valence-electron chi connectivity index (χ1n) is 12.0. The Labute approximate surface area is 160 Å². The van der Waals surface area contributed by atoms with Crippen molar-refractivity contribution >= 4 is 0 Å². The SMILES string of the molecule is CCCCCCCCCCCCCCCCCCCCCCC(C)O. The van der Waals surface area contributed by atoms with Gasteiger partial charge in [0, 0.05) is 0 Å². The van der Waals surface area contributed by atoms with Gasteiger partial charge in [0.2, 0.25) is 0 Å². The minimum atomic E-state index is -0.101. The molecule has 1 nitrogen and oxygen atoms in total. The summed E-state index contributed by atoms with van der Waals surface area (Å²) in [6.07, 6.45) is 29.4. The molecule has 0 saturated carbocycles. The lowest BCUT2D eigenvalue weighted by Crippen LogP contribution is -1.98. The van der Waals surface area contributed by atoms with Crippen LogP contribution in [-0.2, 0) is 0 Å². The van der Waals surface area contributed by atoms with Gasteiger partial charge in [-0.3, -0.25) is 0 Å². The van der Waals surface area contributed by atoms with E-state index in [1.165, 1.54) is 128 Å². The van der Waals surface area contributed by atoms with Crippen LogP contribution in [0.5, 0.6) is 0 Å². The summed E-state index contributed by atoms with van der Waals surface area (Å²) in [5.74, 6) is 0. The zero-order valence-electron chi connectivity index (χ0n) is 17.9. The Morgan fingerprint density at radius 1 is 0.440 bits per heavy atom. The fourth-order valence-electron chi connectivity index (χ4n) is 3.69. The van der Waals surface area contributed by atoms with Crippen molar-refractivity contribution in [2.24, 2.45) is 0 Å². The molecule has 0 aliphatic rings. The Kier molecular flexibility index (Phi) is 22.0. The summed E-state index contributed by atoms with van der Waals surface area (Å²) in [5.41, 5.74) is 0. The summed E-state index contributed by atoms with van der Waals surface area (Å²) in [6, 6.07) is 0. The highest BCUT2D eigenvalue weighted by atomic mass is 16.3. The molecule has 0 heterocycles. The van der Waals surface area contributed by atoms with Crippen LogP contribution in [0.15, 0.2) is 0 Å². The lowest BCUT2D eigenvalue weighted by molar-refractivity contribution is 0.180. The number of aliphatic hydroxyl groups excluding tert-OH is 1. The highest BCUT2D eigenvalue weighted by Gasteiger charge is 1.97. The summed E-state index contributed by atoms with van der Waals surface area (Å²) in [7, 11) is 0. The molecule has 0 radical (unpaired) electrons. The Morgan fingerprint density at radius 3 is 0.920 bits per heavy atom. The molecule has 0 amide bonds. The quantitative estimate of drug-likeness (QED) is 0.205. The lowest BCUT2D eigenvalue weighted by Gasteiger charge is -2.05. The largest absolute Gasteiger partial charge is 0.393 e. The zero-order valence-corrected chi connectivity index (χ0v) is 17.9. The van der Waals surface area contributed by atoms with Crippen LogP contribution in [0.2, 0.25) is 0 Å². The van der Waals surface area contributed by atoms with Gasteiger partial charge in [-0.05, 0) is 13.3 Å². The number of unbranched alkanes of at least 4 members (excludes halogenated alkanes) is 19. The van der Waals surface area contributed by atoms with Crippen LogP contribution in [0.25, 0.3) is 0 Å². The summed E-state index contributed by atoms with van der Waals surface area (Å²) in [6.45, 7) is 4.19. The molecule has 0 fully saturated rings. The monoisotopic (exact) mass is 354 g/mol. The number of hydrogen-bond acceptors (Lipinski definition) is 1. The van der Waals surface area contributed by atoms with Gasteiger partial charge in [0.15, 0.2) is 0 Å². The first-order chi connectivity index (χ1) is 12.3. The molecular formula is C24H50O. The first kappa shape index (κ1) is 25.0. The second-order valence-corrected chi connectivity index (χ2v) is 8.36. The Bertz CT molecular complexity index is 224. The molecule has 1 unspecified atom stereocenters. The van der Waals surface area contributed by atoms with E-state index in [4.69, 9.17) is 0 Å². The maximum atomic E-state index is 9.20. The van der Waals surface area contributed by atoms with E-state index in [2.05, 4.69) is 6.92 Å². The van der Waals surface area contributed by atoms with E-state index >= 15 is 0 Å². The van der Waals surface area contributed by atoms with Gasteiger partial charge in [0.05, 0.1) is 6.10 Å². The third-order valence-corrected chi connectivity index (χ3v) is 5.48. The molecule has 1 heteroatoms. The van der Waals surface area contributed by atoms with Gasteiger partial charge in [-0.2, -0.15) is 0 Å². The predicted octanol–water partition coefficient (Wildman–Crippen LogP) is 8.58. The number of rotatable bonds is 21. The lowest BCUT2D eigenvalue weighted by atomic mass is 10.0. The molecule has 152 valence electrons. The smallest absolute Gasteiger partial charge is 0.0512 e. The molecule has 0 aromatic carbocycles. The van der Waals surface area contributed by atoms with Crippen molar-refractivity contribution in [3.8, 4) is 0 Å². The second-order valence-electron chi connectivity index (χ2n) is 8.36. The predicted molar refractivity (Wildman–Crippen MR) is 114 cm³/mol. The van der Waals surface area contributed by atoms with E-state index in [1.54, 1.807) is 0 Å². The van der Waals surface area contributed by atoms with Gasteiger partial charge in [0.25, 0.3) is 0 Å². The van der Waals surface area contributed by atoms with Gasteiger partial charge in [-0.1, -0.05) is 135 Å². The highest BCUT2D eigenvalue weighted by Crippen LogP contribution is 2.15. The summed E-state index contributed by atoms with van der Waals surface area (Å²) in [5, 5.41) is 9.20. The van der Waals surface area contributed by atoms with E-state index in [0.29, 0.717) is 0 Å². The van der Waals surface area contributed by atoms with Crippen molar-refractivity contribution in [2.75, 3.05) is 0 Å². The third-order valence-electron chi connectivity index (χ3n) is 5.48. The van der Waals surface area contributed by atoms with Crippen LogP contribution in [0.4, 0.5) is 0 Å². The molecule has 0 saturated heterocycles. The summed E-state index contributed by atoms with van der Waals surface area (Å²) >= 11 is 0. The fourth-order valence-corrected chi connectivity index (χ4v) is 3.69. The summed E-state index contributed by atoms with van der Waals surface area (Å²) < 4.78 is 0. The van der Waals surface area contributed by atoms with Gasteiger partial charge in [-0.25, -0.2) is 0 Å².